The number of carbonyl (C=O) groups excluding carboxylic acids is 2. The quantitative estimate of drug-likeness (QED) is 0.409. The average molecular weight is 409 g/mol. The zero-order chi connectivity index (χ0) is 21.7. The van der Waals surface area contributed by atoms with Crippen molar-refractivity contribution >= 4 is 11.8 Å². The van der Waals surface area contributed by atoms with Gasteiger partial charge in [-0.05, 0) is 56.2 Å². The average Bonchev–Trinajstić information content (AvgIpc) is 3.01. The van der Waals surface area contributed by atoms with E-state index in [1.165, 1.54) is 12.1 Å². The lowest BCUT2D eigenvalue weighted by Crippen LogP contribution is -2.20. The molecule has 0 radical (unpaired) electrons. The van der Waals surface area contributed by atoms with Crippen LogP contribution < -0.4 is 4.74 Å². The summed E-state index contributed by atoms with van der Waals surface area (Å²) in [6, 6.07) is 15.4. The van der Waals surface area contributed by atoms with E-state index in [-0.39, 0.29) is 24.8 Å². The van der Waals surface area contributed by atoms with Crippen molar-refractivity contribution in [2.24, 2.45) is 0 Å². The molecule has 0 amide bonds. The van der Waals surface area contributed by atoms with Crippen molar-refractivity contribution in [2.75, 3.05) is 13.2 Å². The van der Waals surface area contributed by atoms with Gasteiger partial charge in [0.1, 0.15) is 11.6 Å². The maximum Gasteiger partial charge on any atom is 0.344 e. The molecule has 0 aliphatic heterocycles. The molecule has 3 rings (SSSR count). The topological polar surface area (TPSA) is 57.5 Å². The van der Waals surface area contributed by atoms with Crippen LogP contribution >= 0.6 is 0 Å². The minimum absolute atomic E-state index is 0.262. The van der Waals surface area contributed by atoms with Crippen LogP contribution in [-0.2, 0) is 16.1 Å². The van der Waals surface area contributed by atoms with Crippen LogP contribution in [0.15, 0.2) is 54.6 Å². The minimum atomic E-state index is -0.605. The molecule has 2 aromatic carbocycles. The van der Waals surface area contributed by atoms with Gasteiger partial charge < -0.3 is 14.0 Å². The van der Waals surface area contributed by atoms with E-state index in [1.807, 2.05) is 43.5 Å². The van der Waals surface area contributed by atoms with Gasteiger partial charge in [-0.3, -0.25) is 4.79 Å². The number of halogens is 1. The van der Waals surface area contributed by atoms with Crippen LogP contribution in [0.1, 0.15) is 32.9 Å². The number of ether oxygens (including phenoxy) is 2. The van der Waals surface area contributed by atoms with Crippen LogP contribution in [0.5, 0.6) is 5.75 Å². The summed E-state index contributed by atoms with van der Waals surface area (Å²) in [5.41, 5.74) is 4.01. The number of esters is 1. The van der Waals surface area contributed by atoms with Crippen molar-refractivity contribution in [1.82, 2.24) is 4.57 Å². The van der Waals surface area contributed by atoms with Gasteiger partial charge in [0.15, 0.2) is 13.2 Å². The second-order valence-corrected chi connectivity index (χ2v) is 7.14. The largest absolute Gasteiger partial charge is 0.482 e. The fraction of sp³-hybridized carbons (Fsp3) is 0.250. The molecule has 0 fully saturated rings. The first-order chi connectivity index (χ1) is 14.3. The van der Waals surface area contributed by atoms with Crippen molar-refractivity contribution in [3.8, 4) is 5.75 Å². The fourth-order valence-corrected chi connectivity index (χ4v) is 3.22. The molecule has 156 valence electrons. The van der Waals surface area contributed by atoms with E-state index in [1.54, 1.807) is 24.3 Å². The van der Waals surface area contributed by atoms with E-state index in [2.05, 4.69) is 0 Å². The molecule has 5 nitrogen and oxygen atoms in total. The molecule has 0 saturated carbocycles. The van der Waals surface area contributed by atoms with E-state index in [9.17, 15) is 14.0 Å². The Morgan fingerprint density at radius 3 is 2.37 bits per heavy atom. The Labute approximate surface area is 175 Å². The van der Waals surface area contributed by atoms with Gasteiger partial charge in [-0.2, -0.15) is 0 Å². The Kier molecular flexibility index (Phi) is 6.67. The number of nitrogens with zero attached hydrogens (tertiary/aromatic N) is 1. The number of rotatable bonds is 8. The normalized spacial score (nSPS) is 10.7. The van der Waals surface area contributed by atoms with Crippen molar-refractivity contribution in [3.05, 3.63) is 88.5 Å². The van der Waals surface area contributed by atoms with Gasteiger partial charge in [0.2, 0.25) is 5.78 Å². The summed E-state index contributed by atoms with van der Waals surface area (Å²) in [5, 5.41) is 0. The smallest absolute Gasteiger partial charge is 0.344 e. The third kappa shape index (κ3) is 5.14. The van der Waals surface area contributed by atoms with Gasteiger partial charge in [0.05, 0.1) is 0 Å². The van der Waals surface area contributed by atoms with Crippen LogP contribution in [-0.4, -0.2) is 29.5 Å². The predicted octanol–water partition coefficient (Wildman–Crippen LogP) is 4.41. The van der Waals surface area contributed by atoms with E-state index >= 15 is 0 Å². The number of carbonyl (C=O) groups is 2. The second-order valence-electron chi connectivity index (χ2n) is 7.14. The van der Waals surface area contributed by atoms with Crippen molar-refractivity contribution in [1.29, 1.82) is 0 Å². The highest BCUT2D eigenvalue weighted by molar-refractivity contribution is 5.99. The number of hydrogen-bond donors (Lipinski definition) is 0. The summed E-state index contributed by atoms with van der Waals surface area (Å²) in [6.07, 6.45) is 0. The van der Waals surface area contributed by atoms with E-state index in [4.69, 9.17) is 9.47 Å². The number of Topliss-reactive ketones (excluding diaryl/α,β-unsaturated/α-hetero) is 1. The van der Waals surface area contributed by atoms with Crippen LogP contribution in [0.3, 0.4) is 0 Å². The summed E-state index contributed by atoms with van der Waals surface area (Å²) < 4.78 is 25.6. The van der Waals surface area contributed by atoms with Gasteiger partial charge in [0.25, 0.3) is 0 Å². The molecule has 6 heteroatoms. The first-order valence-corrected chi connectivity index (χ1v) is 9.63. The van der Waals surface area contributed by atoms with E-state index < -0.39 is 5.97 Å². The fourth-order valence-electron chi connectivity index (χ4n) is 3.22. The third-order valence-corrected chi connectivity index (χ3v) is 4.93. The van der Waals surface area contributed by atoms with Crippen molar-refractivity contribution < 1.29 is 23.5 Å². The molecule has 0 bridgehead atoms. The molecule has 0 atom stereocenters. The SMILES string of the molecule is Cc1ccccc1OCC(=O)OCC(=O)c1cc(C)n(Cc2ccc(F)cc2)c1C. The van der Waals surface area contributed by atoms with E-state index in [0.29, 0.717) is 17.9 Å². The highest BCUT2D eigenvalue weighted by Crippen LogP contribution is 2.19. The Bertz CT molecular complexity index is 1050. The van der Waals surface area contributed by atoms with Gasteiger partial charge >= 0.3 is 5.97 Å². The highest BCUT2D eigenvalue weighted by atomic mass is 19.1. The molecule has 0 N–H and O–H groups in total. The molecule has 1 heterocycles. The Balaban J connectivity index is 1.58. The number of ketones is 1. The van der Waals surface area contributed by atoms with Crippen molar-refractivity contribution in [3.63, 3.8) is 0 Å². The van der Waals surface area contributed by atoms with Crippen LogP contribution in [0.2, 0.25) is 0 Å². The summed E-state index contributed by atoms with van der Waals surface area (Å²) in [5.74, 6) is -0.571. The van der Waals surface area contributed by atoms with Gasteiger partial charge in [-0.1, -0.05) is 30.3 Å². The number of aryl methyl sites for hydroxylation is 2. The molecule has 0 saturated heterocycles. The molecule has 0 aliphatic rings. The van der Waals surface area contributed by atoms with E-state index in [0.717, 1.165) is 22.5 Å². The number of aromatic nitrogens is 1. The lowest BCUT2D eigenvalue weighted by molar-refractivity contribution is -0.144. The van der Waals surface area contributed by atoms with Gasteiger partial charge in [0, 0.05) is 23.5 Å². The summed E-state index contributed by atoms with van der Waals surface area (Å²) in [4.78, 5) is 24.5. The maximum absolute atomic E-state index is 13.1. The molecule has 0 spiro atoms. The minimum Gasteiger partial charge on any atom is -0.482 e. The molecule has 3 aromatic rings. The molecular formula is C24H24FNO4. The van der Waals surface area contributed by atoms with Crippen LogP contribution in [0, 0.1) is 26.6 Å². The highest BCUT2D eigenvalue weighted by Gasteiger charge is 2.18. The molecule has 1 aromatic heterocycles. The number of para-hydroxylation sites is 1. The lowest BCUT2D eigenvalue weighted by Gasteiger charge is -2.10. The zero-order valence-corrected chi connectivity index (χ0v) is 17.3. The summed E-state index contributed by atoms with van der Waals surface area (Å²) in [7, 11) is 0. The summed E-state index contributed by atoms with van der Waals surface area (Å²) >= 11 is 0. The second kappa shape index (κ2) is 9.39. The maximum atomic E-state index is 13.1. The first kappa shape index (κ1) is 21.3. The lowest BCUT2D eigenvalue weighted by atomic mass is 10.1. The van der Waals surface area contributed by atoms with Gasteiger partial charge in [-0.15, -0.1) is 0 Å². The molecular weight excluding hydrogens is 385 g/mol. The number of benzene rings is 2. The Morgan fingerprint density at radius 2 is 1.67 bits per heavy atom. The number of hydrogen-bond acceptors (Lipinski definition) is 4. The van der Waals surface area contributed by atoms with Crippen LogP contribution in [0.25, 0.3) is 0 Å². The third-order valence-electron chi connectivity index (χ3n) is 4.93. The first-order valence-electron chi connectivity index (χ1n) is 9.63. The zero-order valence-electron chi connectivity index (χ0n) is 17.3. The monoisotopic (exact) mass is 409 g/mol. The van der Waals surface area contributed by atoms with Crippen LogP contribution in [0.4, 0.5) is 4.39 Å². The molecule has 0 unspecified atom stereocenters. The Hall–Kier alpha value is -3.41. The molecule has 0 aliphatic carbocycles. The molecule has 30 heavy (non-hydrogen) atoms. The summed E-state index contributed by atoms with van der Waals surface area (Å²) in [6.45, 7) is 5.53. The predicted molar refractivity (Wildman–Crippen MR) is 111 cm³/mol. The van der Waals surface area contributed by atoms with Crippen molar-refractivity contribution in [2.45, 2.75) is 27.3 Å². The van der Waals surface area contributed by atoms with Gasteiger partial charge in [-0.25, -0.2) is 9.18 Å². The Morgan fingerprint density at radius 1 is 0.967 bits per heavy atom. The standard InChI is InChI=1S/C24H24FNO4/c1-16-6-4-5-7-23(16)29-15-24(28)30-14-22(27)21-12-17(2)26(18(21)3)13-19-8-10-20(25)11-9-19/h4-12H,13-15H2,1-3H3.